The number of hydrogen-bond donors (Lipinski definition) is 1. The van der Waals surface area contributed by atoms with Gasteiger partial charge in [-0.05, 0) is 12.5 Å². The lowest BCUT2D eigenvalue weighted by molar-refractivity contribution is 0.231. The quantitative estimate of drug-likeness (QED) is 0.681. The number of para-hydroxylation sites is 1. The van der Waals surface area contributed by atoms with E-state index < -0.39 is 0 Å². The standard InChI is InChI=1S/C10H12O2/c1-7-3-2-4-9-8(5-11)6-12-10(7)9/h2-4,8,11H,5-6H2,1H3. The van der Waals surface area contributed by atoms with Crippen molar-refractivity contribution in [2.75, 3.05) is 13.2 Å². The molecule has 12 heavy (non-hydrogen) atoms. The molecule has 0 radical (unpaired) electrons. The Labute approximate surface area is 71.8 Å². The zero-order chi connectivity index (χ0) is 8.55. The van der Waals surface area contributed by atoms with Crippen molar-refractivity contribution >= 4 is 0 Å². The maximum atomic E-state index is 9.02. The van der Waals surface area contributed by atoms with Crippen molar-refractivity contribution < 1.29 is 9.84 Å². The fraction of sp³-hybridized carbons (Fsp3) is 0.400. The van der Waals surface area contributed by atoms with Gasteiger partial charge in [0.05, 0.1) is 13.2 Å². The molecule has 64 valence electrons. The van der Waals surface area contributed by atoms with E-state index in [4.69, 9.17) is 9.84 Å². The molecule has 0 saturated carbocycles. The number of benzene rings is 1. The molecular weight excluding hydrogens is 152 g/mol. The molecule has 1 unspecified atom stereocenters. The van der Waals surface area contributed by atoms with Gasteiger partial charge in [0.25, 0.3) is 0 Å². The molecule has 1 aliphatic rings. The van der Waals surface area contributed by atoms with Gasteiger partial charge in [-0.2, -0.15) is 0 Å². The first-order chi connectivity index (χ1) is 5.83. The van der Waals surface area contributed by atoms with Crippen LogP contribution in [0.25, 0.3) is 0 Å². The Kier molecular flexibility index (Phi) is 1.77. The Balaban J connectivity index is 2.46. The van der Waals surface area contributed by atoms with Gasteiger partial charge in [0, 0.05) is 11.5 Å². The van der Waals surface area contributed by atoms with E-state index in [1.807, 2.05) is 25.1 Å². The minimum atomic E-state index is 0.177. The normalized spacial score (nSPS) is 20.3. The molecule has 0 saturated heterocycles. The average molecular weight is 164 g/mol. The summed E-state index contributed by atoms with van der Waals surface area (Å²) in [6.07, 6.45) is 0. The summed E-state index contributed by atoms with van der Waals surface area (Å²) in [5, 5.41) is 9.02. The third-order valence-corrected chi connectivity index (χ3v) is 2.33. The van der Waals surface area contributed by atoms with E-state index >= 15 is 0 Å². The topological polar surface area (TPSA) is 29.5 Å². The molecule has 1 heterocycles. The van der Waals surface area contributed by atoms with E-state index in [0.717, 1.165) is 16.9 Å². The lowest BCUT2D eigenvalue weighted by atomic mass is 10.0. The van der Waals surface area contributed by atoms with Crippen LogP contribution in [0.4, 0.5) is 0 Å². The van der Waals surface area contributed by atoms with Gasteiger partial charge < -0.3 is 9.84 Å². The predicted octanol–water partition coefficient (Wildman–Crippen LogP) is 1.46. The van der Waals surface area contributed by atoms with E-state index in [2.05, 4.69) is 0 Å². The van der Waals surface area contributed by atoms with Crippen LogP contribution in [0.2, 0.25) is 0 Å². The Bertz CT molecular complexity index is 294. The van der Waals surface area contributed by atoms with E-state index in [0.29, 0.717) is 6.61 Å². The largest absolute Gasteiger partial charge is 0.492 e. The highest BCUT2D eigenvalue weighted by Crippen LogP contribution is 2.35. The van der Waals surface area contributed by atoms with Gasteiger partial charge >= 0.3 is 0 Å². The first-order valence-electron chi connectivity index (χ1n) is 4.16. The molecule has 1 aromatic carbocycles. The number of rotatable bonds is 1. The van der Waals surface area contributed by atoms with Crippen LogP contribution < -0.4 is 4.74 Å². The Morgan fingerprint density at radius 2 is 2.42 bits per heavy atom. The second kappa shape index (κ2) is 2.79. The summed E-state index contributed by atoms with van der Waals surface area (Å²) in [6, 6.07) is 6.06. The minimum Gasteiger partial charge on any atom is -0.492 e. The van der Waals surface area contributed by atoms with Gasteiger partial charge in [0.2, 0.25) is 0 Å². The van der Waals surface area contributed by atoms with E-state index in [1.54, 1.807) is 0 Å². The van der Waals surface area contributed by atoms with Crippen LogP contribution in [0.3, 0.4) is 0 Å². The van der Waals surface area contributed by atoms with Crippen molar-refractivity contribution in [3.05, 3.63) is 29.3 Å². The van der Waals surface area contributed by atoms with Gasteiger partial charge in [-0.15, -0.1) is 0 Å². The zero-order valence-electron chi connectivity index (χ0n) is 7.08. The van der Waals surface area contributed by atoms with Crippen LogP contribution >= 0.6 is 0 Å². The number of aryl methyl sites for hydroxylation is 1. The summed E-state index contributed by atoms with van der Waals surface area (Å²) in [4.78, 5) is 0. The summed E-state index contributed by atoms with van der Waals surface area (Å²) >= 11 is 0. The van der Waals surface area contributed by atoms with Crippen molar-refractivity contribution in [1.82, 2.24) is 0 Å². The second-order valence-corrected chi connectivity index (χ2v) is 3.18. The van der Waals surface area contributed by atoms with Crippen LogP contribution in [0.5, 0.6) is 5.75 Å². The van der Waals surface area contributed by atoms with Gasteiger partial charge in [-0.25, -0.2) is 0 Å². The summed E-state index contributed by atoms with van der Waals surface area (Å²) < 4.78 is 5.47. The SMILES string of the molecule is Cc1cccc2c1OCC2CO. The van der Waals surface area contributed by atoms with Gasteiger partial charge in [-0.1, -0.05) is 18.2 Å². The predicted molar refractivity (Wildman–Crippen MR) is 46.5 cm³/mol. The van der Waals surface area contributed by atoms with Crippen LogP contribution in [0, 0.1) is 6.92 Å². The van der Waals surface area contributed by atoms with Crippen molar-refractivity contribution in [2.24, 2.45) is 0 Å². The molecule has 1 N–H and O–H groups in total. The Morgan fingerprint density at radius 1 is 1.58 bits per heavy atom. The van der Waals surface area contributed by atoms with Crippen molar-refractivity contribution in [1.29, 1.82) is 0 Å². The zero-order valence-corrected chi connectivity index (χ0v) is 7.08. The minimum absolute atomic E-state index is 0.177. The number of hydrogen-bond acceptors (Lipinski definition) is 2. The molecule has 0 amide bonds. The highest BCUT2D eigenvalue weighted by molar-refractivity contribution is 5.45. The summed E-state index contributed by atoms with van der Waals surface area (Å²) in [5.74, 6) is 1.15. The Hall–Kier alpha value is -1.02. The van der Waals surface area contributed by atoms with E-state index in [9.17, 15) is 0 Å². The third kappa shape index (κ3) is 0.994. The molecule has 0 spiro atoms. The lowest BCUT2D eigenvalue weighted by Crippen LogP contribution is -2.04. The first-order valence-corrected chi connectivity index (χ1v) is 4.16. The molecule has 0 aliphatic carbocycles. The number of aliphatic hydroxyl groups is 1. The number of aliphatic hydroxyl groups excluding tert-OH is 1. The lowest BCUT2D eigenvalue weighted by Gasteiger charge is -2.03. The summed E-state index contributed by atoms with van der Waals surface area (Å²) in [6.45, 7) is 2.83. The van der Waals surface area contributed by atoms with Gasteiger partial charge in [0.1, 0.15) is 5.75 Å². The highest BCUT2D eigenvalue weighted by atomic mass is 16.5. The Morgan fingerprint density at radius 3 is 3.17 bits per heavy atom. The fourth-order valence-electron chi connectivity index (χ4n) is 1.62. The van der Waals surface area contributed by atoms with Crippen molar-refractivity contribution in [3.63, 3.8) is 0 Å². The van der Waals surface area contributed by atoms with Crippen molar-refractivity contribution in [3.8, 4) is 5.75 Å². The molecule has 2 rings (SSSR count). The fourth-order valence-corrected chi connectivity index (χ4v) is 1.62. The number of fused-ring (bicyclic) bond motifs is 1. The maximum absolute atomic E-state index is 9.02. The van der Waals surface area contributed by atoms with E-state index in [1.165, 1.54) is 0 Å². The molecule has 0 fully saturated rings. The monoisotopic (exact) mass is 164 g/mol. The van der Waals surface area contributed by atoms with Gasteiger partial charge in [-0.3, -0.25) is 0 Å². The number of ether oxygens (including phenoxy) is 1. The highest BCUT2D eigenvalue weighted by Gasteiger charge is 2.23. The second-order valence-electron chi connectivity index (χ2n) is 3.18. The summed E-state index contributed by atoms with van der Waals surface area (Å²) in [7, 11) is 0. The average Bonchev–Trinajstić information content (AvgIpc) is 2.49. The van der Waals surface area contributed by atoms with Gasteiger partial charge in [0.15, 0.2) is 0 Å². The van der Waals surface area contributed by atoms with Crippen LogP contribution in [-0.4, -0.2) is 18.3 Å². The smallest absolute Gasteiger partial charge is 0.125 e. The maximum Gasteiger partial charge on any atom is 0.125 e. The summed E-state index contributed by atoms with van der Waals surface area (Å²) in [5.41, 5.74) is 2.31. The molecule has 0 bridgehead atoms. The molecule has 1 aromatic rings. The van der Waals surface area contributed by atoms with Crippen LogP contribution in [0.15, 0.2) is 18.2 Å². The molecule has 2 heteroatoms. The van der Waals surface area contributed by atoms with Crippen molar-refractivity contribution in [2.45, 2.75) is 12.8 Å². The molecular formula is C10H12O2. The van der Waals surface area contributed by atoms with Crippen LogP contribution in [-0.2, 0) is 0 Å². The van der Waals surface area contributed by atoms with E-state index in [-0.39, 0.29) is 12.5 Å². The molecule has 1 aliphatic heterocycles. The molecule has 2 nitrogen and oxygen atoms in total. The molecule has 1 atom stereocenters. The molecule has 0 aromatic heterocycles. The third-order valence-electron chi connectivity index (χ3n) is 2.33. The van der Waals surface area contributed by atoms with Crippen LogP contribution in [0.1, 0.15) is 17.0 Å². The first kappa shape index (κ1) is 7.62.